The van der Waals surface area contributed by atoms with E-state index in [0.717, 1.165) is 53.6 Å². The van der Waals surface area contributed by atoms with Gasteiger partial charge in [-0.1, -0.05) is 42.7 Å². The number of rotatable bonds is 8. The lowest BCUT2D eigenvalue weighted by atomic mass is 9.77. The first-order valence-electron chi connectivity index (χ1n) is 16.0. The smallest absolute Gasteiger partial charge is 0.358 e. The summed E-state index contributed by atoms with van der Waals surface area (Å²) in [7, 11) is -2.20. The first-order valence-corrected chi connectivity index (χ1v) is 17.5. The van der Waals surface area contributed by atoms with E-state index in [9.17, 15) is 23.1 Å². The SMILES string of the molecule is COC1=CC2C=C(c3c(C(=O)O)nnn3C(C)C)Cn3c(c(C4CCCCC4)c4ccc(C(=O)NS(=O)(=O)C(C)C)cc43)C2C=C1. The number of aromatic carboxylic acids is 1. The van der Waals surface area contributed by atoms with Crippen molar-refractivity contribution < 1.29 is 27.9 Å². The third-order valence-electron chi connectivity index (χ3n) is 9.48. The highest BCUT2D eigenvalue weighted by molar-refractivity contribution is 7.90. The molecule has 46 heavy (non-hydrogen) atoms. The molecule has 12 heteroatoms. The quantitative estimate of drug-likeness (QED) is 0.306. The molecule has 11 nitrogen and oxygen atoms in total. The average Bonchev–Trinajstić information content (AvgIpc) is 3.56. The van der Waals surface area contributed by atoms with E-state index in [1.54, 1.807) is 23.9 Å². The number of allylic oxidation sites excluding steroid dienone is 5. The van der Waals surface area contributed by atoms with E-state index in [1.165, 1.54) is 25.8 Å². The Morgan fingerprint density at radius 1 is 1.09 bits per heavy atom. The van der Waals surface area contributed by atoms with Crippen molar-refractivity contribution in [2.24, 2.45) is 5.92 Å². The van der Waals surface area contributed by atoms with Crippen molar-refractivity contribution in [3.63, 3.8) is 0 Å². The first-order chi connectivity index (χ1) is 21.9. The van der Waals surface area contributed by atoms with Crippen LogP contribution in [0.1, 0.15) is 115 Å². The molecule has 1 fully saturated rings. The molecule has 6 rings (SSSR count). The van der Waals surface area contributed by atoms with Crippen LogP contribution in [0.3, 0.4) is 0 Å². The summed E-state index contributed by atoms with van der Waals surface area (Å²) in [6, 6.07) is 5.27. The molecule has 1 aliphatic heterocycles. The minimum absolute atomic E-state index is 0.0871. The van der Waals surface area contributed by atoms with Gasteiger partial charge in [0.2, 0.25) is 10.0 Å². The van der Waals surface area contributed by atoms with Crippen LogP contribution in [0.15, 0.2) is 48.3 Å². The molecule has 1 aromatic carbocycles. The van der Waals surface area contributed by atoms with Crippen LogP contribution in [0.5, 0.6) is 0 Å². The van der Waals surface area contributed by atoms with Gasteiger partial charge in [-0.05, 0) is 81.9 Å². The van der Waals surface area contributed by atoms with Gasteiger partial charge in [0.25, 0.3) is 5.91 Å². The molecule has 2 atom stereocenters. The van der Waals surface area contributed by atoms with E-state index in [-0.39, 0.29) is 29.1 Å². The number of amides is 1. The second-order valence-electron chi connectivity index (χ2n) is 13.0. The van der Waals surface area contributed by atoms with Gasteiger partial charge in [0.15, 0.2) is 5.69 Å². The molecule has 244 valence electrons. The van der Waals surface area contributed by atoms with Crippen molar-refractivity contribution in [3.8, 4) is 0 Å². The fraction of sp³-hybridized carbons (Fsp3) is 0.471. The number of carboxylic acids is 1. The number of nitrogens with one attached hydrogen (secondary N) is 1. The molecule has 3 aromatic rings. The lowest BCUT2D eigenvalue weighted by Crippen LogP contribution is -2.35. The number of hydrogen-bond donors (Lipinski definition) is 2. The second-order valence-corrected chi connectivity index (χ2v) is 15.3. The number of ether oxygens (including phenoxy) is 1. The second kappa shape index (κ2) is 12.2. The Bertz CT molecular complexity index is 1910. The summed E-state index contributed by atoms with van der Waals surface area (Å²) < 4.78 is 36.9. The molecule has 0 spiro atoms. The Balaban J connectivity index is 1.62. The molecule has 1 saturated carbocycles. The van der Waals surface area contributed by atoms with Crippen molar-refractivity contribution in [2.75, 3.05) is 7.11 Å². The minimum atomic E-state index is -3.84. The zero-order chi connectivity index (χ0) is 32.9. The number of nitrogens with zero attached hydrogens (tertiary/aromatic N) is 4. The van der Waals surface area contributed by atoms with Crippen LogP contribution in [0.4, 0.5) is 0 Å². The standard InChI is InChI=1S/C34H41N5O6S/c1-19(2)39-31(30(34(41)42)35-37-39)24-15-23-16-25(45-5)12-14-26(23)32-29(21-9-7-6-8-10-21)27-13-11-22(17-28(27)38(32)18-24)33(40)36-46(43,44)20(3)4/h11-17,19-21,23,26H,6-10,18H2,1-5H3,(H,36,40)(H,41,42). The predicted octanol–water partition coefficient (Wildman–Crippen LogP) is 5.92. The van der Waals surface area contributed by atoms with E-state index in [1.807, 2.05) is 26.0 Å². The van der Waals surface area contributed by atoms with Gasteiger partial charge >= 0.3 is 5.97 Å². The van der Waals surface area contributed by atoms with Gasteiger partial charge in [-0.15, -0.1) is 5.10 Å². The fourth-order valence-corrected chi connectivity index (χ4v) is 7.75. The molecular formula is C34H41N5O6S. The molecule has 0 saturated heterocycles. The van der Waals surface area contributed by atoms with Crippen LogP contribution in [0, 0.1) is 5.92 Å². The summed E-state index contributed by atoms with van der Waals surface area (Å²) in [5.74, 6) is -1.05. The number of methoxy groups -OCH3 is 1. The van der Waals surface area contributed by atoms with E-state index in [0.29, 0.717) is 18.2 Å². The number of fused-ring (bicyclic) bond motifs is 5. The number of carboxylic acid groups (broad SMARTS) is 1. The van der Waals surface area contributed by atoms with Gasteiger partial charge in [-0.2, -0.15) is 0 Å². The van der Waals surface area contributed by atoms with Crippen LogP contribution >= 0.6 is 0 Å². The minimum Gasteiger partial charge on any atom is -0.497 e. The summed E-state index contributed by atoms with van der Waals surface area (Å²) in [4.78, 5) is 25.7. The molecule has 0 bridgehead atoms. The number of carbonyl (C=O) groups is 2. The molecule has 1 amide bonds. The average molecular weight is 648 g/mol. The maximum Gasteiger partial charge on any atom is 0.358 e. The van der Waals surface area contributed by atoms with Crippen LogP contribution < -0.4 is 4.72 Å². The van der Waals surface area contributed by atoms with Crippen molar-refractivity contribution in [3.05, 3.63) is 76.5 Å². The Labute approximate surface area is 269 Å². The number of aromatic nitrogens is 4. The summed E-state index contributed by atoms with van der Waals surface area (Å²) in [5, 5.41) is 18.7. The molecular weight excluding hydrogens is 606 g/mol. The maximum atomic E-state index is 13.3. The van der Waals surface area contributed by atoms with Crippen LogP contribution in [0.2, 0.25) is 0 Å². The van der Waals surface area contributed by atoms with Crippen molar-refractivity contribution in [1.82, 2.24) is 24.3 Å². The van der Waals surface area contributed by atoms with E-state index in [2.05, 4.69) is 37.8 Å². The highest BCUT2D eigenvalue weighted by Gasteiger charge is 2.37. The monoisotopic (exact) mass is 647 g/mol. The summed E-state index contributed by atoms with van der Waals surface area (Å²) in [6.45, 7) is 7.23. The molecule has 2 aliphatic carbocycles. The van der Waals surface area contributed by atoms with E-state index < -0.39 is 27.1 Å². The zero-order valence-electron chi connectivity index (χ0n) is 26.9. The van der Waals surface area contributed by atoms with E-state index >= 15 is 0 Å². The molecule has 2 aromatic heterocycles. The zero-order valence-corrected chi connectivity index (χ0v) is 27.7. The molecule has 2 N–H and O–H groups in total. The molecule has 3 heterocycles. The maximum absolute atomic E-state index is 13.3. The molecule has 2 unspecified atom stereocenters. The van der Waals surface area contributed by atoms with Crippen molar-refractivity contribution in [2.45, 2.75) is 89.5 Å². The highest BCUT2D eigenvalue weighted by Crippen LogP contribution is 2.48. The molecule has 0 radical (unpaired) electrons. The predicted molar refractivity (Wildman–Crippen MR) is 175 cm³/mol. The van der Waals surface area contributed by atoms with Gasteiger partial charge in [0.05, 0.1) is 12.4 Å². The Morgan fingerprint density at radius 2 is 1.83 bits per heavy atom. The summed E-state index contributed by atoms with van der Waals surface area (Å²) in [6.07, 6.45) is 13.9. The lowest BCUT2D eigenvalue weighted by molar-refractivity contribution is 0.0689. The largest absolute Gasteiger partial charge is 0.497 e. The number of hydrogen-bond acceptors (Lipinski definition) is 7. The number of sulfonamides is 1. The third-order valence-corrected chi connectivity index (χ3v) is 11.2. The summed E-state index contributed by atoms with van der Waals surface area (Å²) in [5.41, 5.74) is 4.46. The highest BCUT2D eigenvalue weighted by atomic mass is 32.2. The normalized spacial score (nSPS) is 20.2. The number of benzene rings is 1. The van der Waals surface area contributed by atoms with Crippen LogP contribution in [-0.4, -0.2) is 57.3 Å². The Kier molecular flexibility index (Phi) is 8.43. The van der Waals surface area contributed by atoms with E-state index in [4.69, 9.17) is 4.74 Å². The topological polar surface area (TPSA) is 145 Å². The van der Waals surface area contributed by atoms with Gasteiger partial charge in [-0.25, -0.2) is 22.6 Å². The summed E-state index contributed by atoms with van der Waals surface area (Å²) >= 11 is 0. The van der Waals surface area contributed by atoms with Gasteiger partial charge in [0, 0.05) is 46.6 Å². The Morgan fingerprint density at radius 3 is 2.48 bits per heavy atom. The van der Waals surface area contributed by atoms with Gasteiger partial charge in [0.1, 0.15) is 11.5 Å². The first kappa shape index (κ1) is 31.8. The van der Waals surface area contributed by atoms with Crippen molar-refractivity contribution >= 4 is 38.4 Å². The Hall–Kier alpha value is -4.19. The lowest BCUT2D eigenvalue weighted by Gasteiger charge is -2.28. The van der Waals surface area contributed by atoms with Crippen molar-refractivity contribution in [1.29, 1.82) is 0 Å². The van der Waals surface area contributed by atoms with Gasteiger partial charge in [-0.3, -0.25) is 4.79 Å². The van der Waals surface area contributed by atoms with Crippen LogP contribution in [-0.2, 0) is 21.3 Å². The fourth-order valence-electron chi connectivity index (χ4n) is 7.14. The van der Waals surface area contributed by atoms with Gasteiger partial charge < -0.3 is 14.4 Å². The van der Waals surface area contributed by atoms with Crippen LogP contribution in [0.25, 0.3) is 16.5 Å². The number of carbonyl (C=O) groups excluding carboxylic acids is 1. The third kappa shape index (κ3) is 5.56. The molecule has 3 aliphatic rings.